The minimum atomic E-state index is 0.0434. The van der Waals surface area contributed by atoms with Gasteiger partial charge >= 0.3 is 0 Å². The third kappa shape index (κ3) is 5.49. The number of rotatable bonds is 7. The SMILES string of the molecule is Cc1ccc(C2CN(Cc3ccc(C)s3)CC2CN(C(=O)C(C)C)C(C)C)cc1. The number of likely N-dealkylation sites (tertiary alicyclic amines) is 1. The smallest absolute Gasteiger partial charge is 0.225 e. The number of hydrogen-bond donors (Lipinski definition) is 0. The third-order valence-corrected chi connectivity index (χ3v) is 7.01. The molecule has 0 bridgehead atoms. The maximum atomic E-state index is 12.8. The van der Waals surface area contributed by atoms with Crippen LogP contribution < -0.4 is 0 Å². The van der Waals surface area contributed by atoms with E-state index in [4.69, 9.17) is 0 Å². The molecular weight excluding hydrogens is 376 g/mol. The fraction of sp³-hybridized carbons (Fsp3) is 0.560. The number of nitrogens with zero attached hydrogens (tertiary/aromatic N) is 2. The molecule has 1 aliphatic rings. The molecule has 3 rings (SSSR count). The van der Waals surface area contributed by atoms with Gasteiger partial charge in [-0.15, -0.1) is 11.3 Å². The van der Waals surface area contributed by atoms with Crippen LogP contribution in [0.2, 0.25) is 0 Å². The Morgan fingerprint density at radius 1 is 1.07 bits per heavy atom. The standard InChI is InChI=1S/C25H36N2OS/c1-17(2)25(28)27(18(3)4)14-22-13-26(15-23-12-9-20(6)29-23)16-24(22)21-10-7-19(5)8-11-21/h7-12,17-18,22,24H,13-16H2,1-6H3. The van der Waals surface area contributed by atoms with Crippen molar-refractivity contribution >= 4 is 17.2 Å². The molecular formula is C25H36N2OS. The van der Waals surface area contributed by atoms with E-state index in [0.717, 1.165) is 26.2 Å². The Hall–Kier alpha value is -1.65. The highest BCUT2D eigenvalue weighted by Gasteiger charge is 2.36. The first-order valence-corrected chi connectivity index (χ1v) is 11.7. The second-order valence-electron chi connectivity index (χ2n) is 9.22. The molecule has 0 aliphatic carbocycles. The monoisotopic (exact) mass is 412 g/mol. The Morgan fingerprint density at radius 2 is 1.76 bits per heavy atom. The van der Waals surface area contributed by atoms with Crippen LogP contribution in [0, 0.1) is 25.7 Å². The van der Waals surface area contributed by atoms with Gasteiger partial charge in [0.15, 0.2) is 0 Å². The van der Waals surface area contributed by atoms with E-state index in [1.165, 1.54) is 20.9 Å². The zero-order valence-electron chi connectivity index (χ0n) is 18.8. The minimum Gasteiger partial charge on any atom is -0.340 e. The number of carbonyl (C=O) groups is 1. The third-order valence-electron chi connectivity index (χ3n) is 6.03. The summed E-state index contributed by atoms with van der Waals surface area (Å²) in [6.45, 7) is 16.6. The van der Waals surface area contributed by atoms with Crippen LogP contribution in [-0.2, 0) is 11.3 Å². The number of carbonyl (C=O) groups excluding carboxylic acids is 1. The zero-order valence-corrected chi connectivity index (χ0v) is 19.6. The van der Waals surface area contributed by atoms with E-state index in [0.29, 0.717) is 11.8 Å². The quantitative estimate of drug-likeness (QED) is 0.602. The average Bonchev–Trinajstić information content (AvgIpc) is 3.25. The second-order valence-corrected chi connectivity index (χ2v) is 10.6. The molecule has 1 saturated heterocycles. The van der Waals surface area contributed by atoms with Gasteiger partial charge in [-0.1, -0.05) is 43.7 Å². The fourth-order valence-electron chi connectivity index (χ4n) is 4.40. The lowest BCUT2D eigenvalue weighted by Gasteiger charge is -2.33. The molecule has 2 unspecified atom stereocenters. The predicted octanol–water partition coefficient (Wildman–Crippen LogP) is 5.47. The Kier molecular flexibility index (Phi) is 7.18. The van der Waals surface area contributed by atoms with Gasteiger partial charge in [0.2, 0.25) is 5.91 Å². The summed E-state index contributed by atoms with van der Waals surface area (Å²) in [5.74, 6) is 1.25. The van der Waals surface area contributed by atoms with Gasteiger partial charge in [0.1, 0.15) is 0 Å². The van der Waals surface area contributed by atoms with Crippen molar-refractivity contribution in [3.05, 3.63) is 57.3 Å². The average molecular weight is 413 g/mol. The molecule has 4 heteroatoms. The Morgan fingerprint density at radius 3 is 2.31 bits per heavy atom. The molecule has 2 heterocycles. The van der Waals surface area contributed by atoms with Crippen molar-refractivity contribution in [3.63, 3.8) is 0 Å². The molecule has 0 saturated carbocycles. The van der Waals surface area contributed by atoms with Gasteiger partial charge in [-0.2, -0.15) is 0 Å². The molecule has 158 valence electrons. The molecule has 2 aromatic rings. The Balaban J connectivity index is 1.81. The van der Waals surface area contributed by atoms with Crippen LogP contribution in [0.4, 0.5) is 0 Å². The molecule has 0 N–H and O–H groups in total. The topological polar surface area (TPSA) is 23.6 Å². The van der Waals surface area contributed by atoms with Gasteiger partial charge in [0.05, 0.1) is 0 Å². The summed E-state index contributed by atoms with van der Waals surface area (Å²) in [4.78, 5) is 20.3. The number of thiophene rings is 1. The summed E-state index contributed by atoms with van der Waals surface area (Å²) in [5.41, 5.74) is 2.71. The van der Waals surface area contributed by atoms with Crippen LogP contribution >= 0.6 is 11.3 Å². The highest BCUT2D eigenvalue weighted by molar-refractivity contribution is 7.11. The van der Waals surface area contributed by atoms with Crippen molar-refractivity contribution in [2.45, 2.75) is 60.0 Å². The van der Waals surface area contributed by atoms with Crippen molar-refractivity contribution in [1.29, 1.82) is 0 Å². The summed E-state index contributed by atoms with van der Waals surface area (Å²) in [6.07, 6.45) is 0. The van der Waals surface area contributed by atoms with E-state index in [2.05, 4.69) is 73.9 Å². The number of hydrogen-bond acceptors (Lipinski definition) is 3. The molecule has 1 aromatic carbocycles. The van der Waals surface area contributed by atoms with Gasteiger partial charge in [-0.3, -0.25) is 9.69 Å². The maximum absolute atomic E-state index is 12.8. The van der Waals surface area contributed by atoms with Crippen LogP contribution in [0.3, 0.4) is 0 Å². The molecule has 29 heavy (non-hydrogen) atoms. The number of benzene rings is 1. The fourth-order valence-corrected chi connectivity index (χ4v) is 5.33. The van der Waals surface area contributed by atoms with Crippen LogP contribution in [0.15, 0.2) is 36.4 Å². The van der Waals surface area contributed by atoms with Gasteiger partial charge in [-0.25, -0.2) is 0 Å². The predicted molar refractivity (Wildman–Crippen MR) is 123 cm³/mol. The molecule has 2 atom stereocenters. The molecule has 0 radical (unpaired) electrons. The lowest BCUT2D eigenvalue weighted by Crippen LogP contribution is -2.43. The molecule has 1 amide bonds. The molecule has 0 spiro atoms. The van der Waals surface area contributed by atoms with Crippen LogP contribution in [0.25, 0.3) is 0 Å². The van der Waals surface area contributed by atoms with Gasteiger partial charge in [-0.05, 0) is 51.3 Å². The summed E-state index contributed by atoms with van der Waals surface area (Å²) in [5, 5.41) is 0. The lowest BCUT2D eigenvalue weighted by molar-refractivity contribution is -0.136. The second kappa shape index (κ2) is 9.44. The van der Waals surface area contributed by atoms with E-state index in [9.17, 15) is 4.79 Å². The van der Waals surface area contributed by atoms with Crippen molar-refractivity contribution in [3.8, 4) is 0 Å². The minimum absolute atomic E-state index is 0.0434. The normalized spacial score (nSPS) is 20.0. The van der Waals surface area contributed by atoms with E-state index >= 15 is 0 Å². The largest absolute Gasteiger partial charge is 0.340 e. The Labute approximate surface area is 180 Å². The first-order valence-electron chi connectivity index (χ1n) is 10.9. The van der Waals surface area contributed by atoms with Crippen molar-refractivity contribution in [2.24, 2.45) is 11.8 Å². The number of amides is 1. The number of aryl methyl sites for hydroxylation is 2. The molecule has 3 nitrogen and oxygen atoms in total. The van der Waals surface area contributed by atoms with E-state index in [1.54, 1.807) is 0 Å². The molecule has 1 fully saturated rings. The maximum Gasteiger partial charge on any atom is 0.225 e. The van der Waals surface area contributed by atoms with Gasteiger partial charge < -0.3 is 4.90 Å². The first kappa shape index (κ1) is 22.0. The summed E-state index contributed by atoms with van der Waals surface area (Å²) >= 11 is 1.90. The van der Waals surface area contributed by atoms with Crippen LogP contribution in [0.5, 0.6) is 0 Å². The van der Waals surface area contributed by atoms with Crippen molar-refractivity contribution in [1.82, 2.24) is 9.80 Å². The highest BCUT2D eigenvalue weighted by Crippen LogP contribution is 2.35. The van der Waals surface area contributed by atoms with E-state index < -0.39 is 0 Å². The van der Waals surface area contributed by atoms with E-state index in [1.807, 2.05) is 25.2 Å². The first-order chi connectivity index (χ1) is 13.7. The van der Waals surface area contributed by atoms with E-state index in [-0.39, 0.29) is 17.9 Å². The molecule has 1 aliphatic heterocycles. The Bertz CT molecular complexity index is 808. The van der Waals surface area contributed by atoms with Gasteiger partial charge in [0, 0.05) is 53.8 Å². The van der Waals surface area contributed by atoms with Crippen molar-refractivity contribution < 1.29 is 4.79 Å². The van der Waals surface area contributed by atoms with Crippen LogP contribution in [-0.4, -0.2) is 41.4 Å². The lowest BCUT2D eigenvalue weighted by atomic mass is 9.87. The summed E-state index contributed by atoms with van der Waals surface area (Å²) < 4.78 is 0. The zero-order chi connectivity index (χ0) is 21.1. The van der Waals surface area contributed by atoms with Crippen LogP contribution in [0.1, 0.15) is 54.5 Å². The van der Waals surface area contributed by atoms with Gasteiger partial charge in [0.25, 0.3) is 0 Å². The van der Waals surface area contributed by atoms with Crippen molar-refractivity contribution in [2.75, 3.05) is 19.6 Å². The summed E-state index contributed by atoms with van der Waals surface area (Å²) in [6, 6.07) is 13.7. The summed E-state index contributed by atoms with van der Waals surface area (Å²) in [7, 11) is 0. The highest BCUT2D eigenvalue weighted by atomic mass is 32.1. The molecule has 1 aromatic heterocycles.